The molecule has 164 valence electrons. The Bertz CT molecular complexity index is 1080. The van der Waals surface area contributed by atoms with Crippen LogP contribution in [0.15, 0.2) is 36.5 Å². The Morgan fingerprint density at radius 3 is 2.90 bits per heavy atom. The number of halogens is 2. The van der Waals surface area contributed by atoms with E-state index in [9.17, 15) is 13.6 Å². The minimum Gasteiger partial charge on any atom is -0.434 e. The highest BCUT2D eigenvalue weighted by atomic mass is 19.3. The number of ketones is 1. The number of hydrogen-bond donors (Lipinski definition) is 1. The van der Waals surface area contributed by atoms with Gasteiger partial charge in [0, 0.05) is 36.3 Å². The van der Waals surface area contributed by atoms with Crippen molar-refractivity contribution in [2.24, 2.45) is 0 Å². The number of ether oxygens (including phenoxy) is 1. The van der Waals surface area contributed by atoms with Crippen LogP contribution in [0.25, 0.3) is 16.8 Å². The first-order valence-corrected chi connectivity index (χ1v) is 10.4. The van der Waals surface area contributed by atoms with Gasteiger partial charge >= 0.3 is 6.61 Å². The Hall–Kier alpha value is -3.07. The Labute approximate surface area is 179 Å². The summed E-state index contributed by atoms with van der Waals surface area (Å²) in [6.45, 7) is 0.678. The maximum absolute atomic E-state index is 13.1. The minimum absolute atomic E-state index is 0.0960. The van der Waals surface area contributed by atoms with Crippen LogP contribution in [-0.4, -0.2) is 58.1 Å². The van der Waals surface area contributed by atoms with E-state index in [1.165, 1.54) is 6.07 Å². The van der Waals surface area contributed by atoms with Gasteiger partial charge in [-0.3, -0.25) is 9.20 Å². The zero-order valence-electron chi connectivity index (χ0n) is 17.5. The van der Waals surface area contributed by atoms with Crippen molar-refractivity contribution < 1.29 is 18.3 Å². The fraction of sp³-hybridized carbons (Fsp3) is 0.409. The molecule has 1 N–H and O–H groups in total. The van der Waals surface area contributed by atoms with Crippen molar-refractivity contribution in [1.29, 1.82) is 0 Å². The van der Waals surface area contributed by atoms with Crippen LogP contribution in [-0.2, 0) is 0 Å². The number of piperidine rings is 1. The SMILES string of the molecule is CCC(=O)c1ccc(-c2nnc(NC3CCCN(C)C3)n3cccc23)c(OC(F)F)c1. The number of Topliss-reactive ketones (excluding diaryl/α,β-unsaturated/α-hetero) is 1. The largest absolute Gasteiger partial charge is 0.434 e. The molecule has 3 heterocycles. The predicted octanol–water partition coefficient (Wildman–Crippen LogP) is 4.10. The Morgan fingerprint density at radius 1 is 1.32 bits per heavy atom. The molecule has 2 aromatic heterocycles. The summed E-state index contributed by atoms with van der Waals surface area (Å²) in [6, 6.07) is 8.48. The molecule has 1 aromatic carbocycles. The van der Waals surface area contributed by atoms with Crippen LogP contribution < -0.4 is 10.1 Å². The van der Waals surface area contributed by atoms with Gasteiger partial charge in [0.05, 0.1) is 5.52 Å². The van der Waals surface area contributed by atoms with Crippen LogP contribution in [0.1, 0.15) is 36.5 Å². The Balaban J connectivity index is 1.73. The molecule has 9 heteroatoms. The van der Waals surface area contributed by atoms with Crippen LogP contribution in [0, 0.1) is 0 Å². The quantitative estimate of drug-likeness (QED) is 0.571. The average Bonchev–Trinajstić information content (AvgIpc) is 3.24. The highest BCUT2D eigenvalue weighted by molar-refractivity contribution is 5.97. The number of aromatic nitrogens is 3. The summed E-state index contributed by atoms with van der Waals surface area (Å²) in [5.74, 6) is 0.348. The van der Waals surface area contributed by atoms with Crippen molar-refractivity contribution in [3.05, 3.63) is 42.1 Å². The number of likely N-dealkylation sites (N-methyl/N-ethyl adjacent to an activating group) is 1. The monoisotopic (exact) mass is 429 g/mol. The van der Waals surface area contributed by atoms with E-state index in [4.69, 9.17) is 4.74 Å². The van der Waals surface area contributed by atoms with Crippen molar-refractivity contribution in [2.75, 3.05) is 25.5 Å². The first-order chi connectivity index (χ1) is 15.0. The van der Waals surface area contributed by atoms with E-state index in [1.807, 2.05) is 22.7 Å². The normalized spacial score (nSPS) is 17.3. The van der Waals surface area contributed by atoms with Gasteiger partial charge in [-0.1, -0.05) is 13.0 Å². The zero-order valence-corrected chi connectivity index (χ0v) is 17.5. The highest BCUT2D eigenvalue weighted by Crippen LogP contribution is 2.34. The number of alkyl halides is 2. The molecule has 1 atom stereocenters. The van der Waals surface area contributed by atoms with Gasteiger partial charge in [0.2, 0.25) is 5.95 Å². The van der Waals surface area contributed by atoms with Gasteiger partial charge in [-0.05, 0) is 50.7 Å². The minimum atomic E-state index is -3.02. The molecule has 4 rings (SSSR count). The van der Waals surface area contributed by atoms with E-state index >= 15 is 0 Å². The number of carbonyl (C=O) groups excluding carboxylic acids is 1. The number of fused-ring (bicyclic) bond motifs is 1. The van der Waals surface area contributed by atoms with Crippen molar-refractivity contribution in [3.63, 3.8) is 0 Å². The van der Waals surface area contributed by atoms with Crippen LogP contribution in [0.5, 0.6) is 5.75 Å². The van der Waals surface area contributed by atoms with Crippen LogP contribution in [0.2, 0.25) is 0 Å². The number of rotatable bonds is 7. The molecule has 0 saturated carbocycles. The van der Waals surface area contributed by atoms with Gasteiger partial charge in [0.1, 0.15) is 11.4 Å². The van der Waals surface area contributed by atoms with Crippen molar-refractivity contribution in [3.8, 4) is 17.0 Å². The van der Waals surface area contributed by atoms with E-state index in [0.29, 0.717) is 28.3 Å². The number of anilines is 1. The van der Waals surface area contributed by atoms with Gasteiger partial charge < -0.3 is 15.0 Å². The van der Waals surface area contributed by atoms with E-state index in [-0.39, 0.29) is 24.0 Å². The molecule has 1 fully saturated rings. The van der Waals surface area contributed by atoms with Crippen molar-refractivity contribution in [2.45, 2.75) is 38.8 Å². The molecule has 0 bridgehead atoms. The number of hydrogen-bond acceptors (Lipinski definition) is 6. The summed E-state index contributed by atoms with van der Waals surface area (Å²) in [4.78, 5) is 14.3. The van der Waals surface area contributed by atoms with E-state index in [1.54, 1.807) is 19.1 Å². The number of benzene rings is 1. The second-order valence-electron chi connectivity index (χ2n) is 7.75. The molecule has 3 aromatic rings. The molecule has 1 aliphatic heterocycles. The summed E-state index contributed by atoms with van der Waals surface area (Å²) in [7, 11) is 2.09. The molecule has 1 unspecified atom stereocenters. The molecule has 1 aliphatic rings. The number of likely N-dealkylation sites (tertiary alicyclic amines) is 1. The molecule has 0 spiro atoms. The summed E-state index contributed by atoms with van der Waals surface area (Å²) in [5, 5.41) is 12.1. The van der Waals surface area contributed by atoms with Gasteiger partial charge in [-0.15, -0.1) is 10.2 Å². The predicted molar refractivity (Wildman–Crippen MR) is 114 cm³/mol. The summed E-state index contributed by atoms with van der Waals surface area (Å²) in [6.07, 6.45) is 4.26. The second kappa shape index (κ2) is 8.97. The third-order valence-corrected chi connectivity index (χ3v) is 5.52. The Morgan fingerprint density at radius 2 is 2.16 bits per heavy atom. The van der Waals surface area contributed by atoms with Crippen molar-refractivity contribution in [1.82, 2.24) is 19.5 Å². The first kappa shape index (κ1) is 21.2. The zero-order chi connectivity index (χ0) is 22.0. The number of nitrogens with one attached hydrogen (secondary N) is 1. The lowest BCUT2D eigenvalue weighted by atomic mass is 10.0. The van der Waals surface area contributed by atoms with Gasteiger partial charge in [0.15, 0.2) is 5.78 Å². The topological polar surface area (TPSA) is 71.8 Å². The van der Waals surface area contributed by atoms with Gasteiger partial charge in [-0.2, -0.15) is 8.78 Å². The molecule has 0 amide bonds. The molecule has 0 radical (unpaired) electrons. The number of carbonyl (C=O) groups is 1. The second-order valence-corrected chi connectivity index (χ2v) is 7.75. The molecule has 7 nitrogen and oxygen atoms in total. The molecular formula is C22H25F2N5O2. The standard InChI is InChI=1S/C22H25F2N5O2/c1-3-18(30)14-8-9-16(19(12-14)31-21(23)24)20-17-7-5-11-29(17)22(27-26-20)25-15-6-4-10-28(2)13-15/h5,7-9,11-12,15,21H,3-4,6,10,13H2,1-2H3,(H,25,27). The molecule has 1 saturated heterocycles. The lowest BCUT2D eigenvalue weighted by Gasteiger charge is -2.30. The smallest absolute Gasteiger partial charge is 0.387 e. The summed E-state index contributed by atoms with van der Waals surface area (Å²) >= 11 is 0. The molecule has 0 aliphatic carbocycles. The van der Waals surface area contributed by atoms with Crippen LogP contribution in [0.4, 0.5) is 14.7 Å². The lowest BCUT2D eigenvalue weighted by Crippen LogP contribution is -2.40. The summed E-state index contributed by atoms with van der Waals surface area (Å²) in [5.41, 5.74) is 1.78. The van der Waals surface area contributed by atoms with Crippen LogP contribution in [0.3, 0.4) is 0 Å². The van der Waals surface area contributed by atoms with Crippen molar-refractivity contribution >= 4 is 17.2 Å². The molecular weight excluding hydrogens is 404 g/mol. The Kier molecular flexibility index (Phi) is 6.13. The fourth-order valence-corrected chi connectivity index (χ4v) is 4.00. The lowest BCUT2D eigenvalue weighted by molar-refractivity contribution is -0.0495. The molecule has 31 heavy (non-hydrogen) atoms. The fourth-order valence-electron chi connectivity index (χ4n) is 4.00. The average molecular weight is 429 g/mol. The maximum Gasteiger partial charge on any atom is 0.387 e. The van der Waals surface area contributed by atoms with Gasteiger partial charge in [-0.25, -0.2) is 0 Å². The van der Waals surface area contributed by atoms with Crippen LogP contribution >= 0.6 is 0 Å². The van der Waals surface area contributed by atoms with E-state index < -0.39 is 6.61 Å². The van der Waals surface area contributed by atoms with Gasteiger partial charge in [0.25, 0.3) is 0 Å². The number of nitrogens with zero attached hydrogens (tertiary/aromatic N) is 4. The first-order valence-electron chi connectivity index (χ1n) is 10.4. The highest BCUT2D eigenvalue weighted by Gasteiger charge is 2.21. The third kappa shape index (κ3) is 4.51. The maximum atomic E-state index is 13.1. The third-order valence-electron chi connectivity index (χ3n) is 5.52. The summed E-state index contributed by atoms with van der Waals surface area (Å²) < 4.78 is 32.8. The van der Waals surface area contributed by atoms with E-state index in [0.717, 1.165) is 25.9 Å². The van der Waals surface area contributed by atoms with E-state index in [2.05, 4.69) is 27.5 Å².